The van der Waals surface area contributed by atoms with Crippen LogP contribution in [-0.2, 0) is 9.53 Å². The van der Waals surface area contributed by atoms with E-state index < -0.39 is 35.5 Å². The highest BCUT2D eigenvalue weighted by Crippen LogP contribution is 2.53. The van der Waals surface area contributed by atoms with E-state index in [1.165, 1.54) is 0 Å². The fourth-order valence-corrected chi connectivity index (χ4v) is 2.58. The molecule has 2 aliphatic rings. The van der Waals surface area contributed by atoms with Crippen LogP contribution in [0.3, 0.4) is 0 Å². The van der Waals surface area contributed by atoms with Crippen molar-refractivity contribution in [3.05, 3.63) is 0 Å². The van der Waals surface area contributed by atoms with Gasteiger partial charge in [-0.3, -0.25) is 9.69 Å². The van der Waals surface area contributed by atoms with Gasteiger partial charge in [0.25, 0.3) is 11.8 Å². The number of carbonyl (C=O) groups excluding carboxylic acids is 2. The highest BCUT2D eigenvalue weighted by atomic mass is 19.3. The lowest BCUT2D eigenvalue weighted by atomic mass is 10.2. The molecule has 2 aliphatic carbocycles. The molecule has 6 nitrogen and oxygen atoms in total. The van der Waals surface area contributed by atoms with E-state index in [0.29, 0.717) is 6.04 Å². The van der Waals surface area contributed by atoms with Crippen LogP contribution in [0.4, 0.5) is 13.6 Å². The number of alkyl halides is 2. The Balaban J connectivity index is 1.92. The first-order chi connectivity index (χ1) is 10.9. The molecule has 0 aromatic rings. The fraction of sp³-hybridized carbons (Fsp3) is 0.875. The average molecular weight is 347 g/mol. The van der Waals surface area contributed by atoms with Gasteiger partial charge >= 0.3 is 6.09 Å². The van der Waals surface area contributed by atoms with Crippen molar-refractivity contribution in [2.45, 2.75) is 76.1 Å². The first kappa shape index (κ1) is 18.9. The largest absolute Gasteiger partial charge is 0.444 e. The van der Waals surface area contributed by atoms with Crippen molar-refractivity contribution in [1.29, 1.82) is 0 Å². The van der Waals surface area contributed by atoms with Gasteiger partial charge in [-0.1, -0.05) is 0 Å². The minimum Gasteiger partial charge on any atom is -0.444 e. The number of halogens is 2. The second-order valence-corrected chi connectivity index (χ2v) is 7.87. The third kappa shape index (κ3) is 4.15. The lowest BCUT2D eigenvalue weighted by molar-refractivity contribution is -0.127. The maximum Gasteiger partial charge on any atom is 0.408 e. The molecule has 2 unspecified atom stereocenters. The Kier molecular flexibility index (Phi) is 4.82. The summed E-state index contributed by atoms with van der Waals surface area (Å²) in [6, 6.07) is 0.542. The second-order valence-electron chi connectivity index (χ2n) is 7.87. The third-order valence-corrected chi connectivity index (χ3v) is 4.46. The number of nitrogens with one attached hydrogen (secondary N) is 2. The number of amides is 2. The summed E-state index contributed by atoms with van der Waals surface area (Å²) in [6.45, 7) is 7.05. The van der Waals surface area contributed by atoms with E-state index in [9.17, 15) is 18.4 Å². The van der Waals surface area contributed by atoms with Gasteiger partial charge in [-0.2, -0.15) is 0 Å². The van der Waals surface area contributed by atoms with Crippen LogP contribution < -0.4 is 10.6 Å². The molecular weight excluding hydrogens is 320 g/mol. The second kappa shape index (κ2) is 6.13. The summed E-state index contributed by atoms with van der Waals surface area (Å²) in [5.74, 6) is -4.13. The standard InChI is InChI=1S/C16H27F2N3O3/c1-10(21(5)11-6-7-11)8-19-12(22)15(9-16(15,17)18)20-13(23)24-14(2,3)4/h10-11H,6-9H2,1-5H3,(H,19,22)(H,20,23). The van der Waals surface area contributed by atoms with E-state index >= 15 is 0 Å². The average Bonchev–Trinajstić information content (AvgIpc) is 3.30. The van der Waals surface area contributed by atoms with Crippen molar-refractivity contribution in [2.24, 2.45) is 0 Å². The minimum absolute atomic E-state index is 0.0346. The molecule has 0 aromatic heterocycles. The number of ether oxygens (including phenoxy) is 1. The van der Waals surface area contributed by atoms with Gasteiger partial charge in [0.15, 0.2) is 5.54 Å². The molecule has 8 heteroatoms. The molecule has 2 rings (SSSR count). The zero-order valence-electron chi connectivity index (χ0n) is 14.9. The van der Waals surface area contributed by atoms with Crippen LogP contribution in [0.25, 0.3) is 0 Å². The first-order valence-electron chi connectivity index (χ1n) is 8.27. The maximum atomic E-state index is 13.8. The summed E-state index contributed by atoms with van der Waals surface area (Å²) >= 11 is 0. The van der Waals surface area contributed by atoms with Gasteiger partial charge in [0.1, 0.15) is 5.60 Å². The molecule has 0 saturated heterocycles. The lowest BCUT2D eigenvalue weighted by Crippen LogP contribution is -2.55. The Morgan fingerprint density at radius 1 is 1.33 bits per heavy atom. The number of carbonyl (C=O) groups is 2. The lowest BCUT2D eigenvalue weighted by Gasteiger charge is -2.26. The molecule has 0 aromatic carbocycles. The molecule has 0 aliphatic heterocycles. The number of nitrogens with zero attached hydrogens (tertiary/aromatic N) is 1. The van der Waals surface area contributed by atoms with E-state index in [0.717, 1.165) is 12.8 Å². The van der Waals surface area contributed by atoms with Crippen molar-refractivity contribution < 1.29 is 23.1 Å². The van der Waals surface area contributed by atoms with E-state index in [2.05, 4.69) is 15.5 Å². The molecule has 2 amide bonds. The van der Waals surface area contributed by atoms with Crippen LogP contribution in [0, 0.1) is 0 Å². The zero-order chi connectivity index (χ0) is 18.3. The van der Waals surface area contributed by atoms with Crippen LogP contribution in [0.1, 0.15) is 47.0 Å². The van der Waals surface area contributed by atoms with Crippen molar-refractivity contribution in [1.82, 2.24) is 15.5 Å². The van der Waals surface area contributed by atoms with Crippen molar-refractivity contribution in [3.63, 3.8) is 0 Å². The summed E-state index contributed by atoms with van der Waals surface area (Å²) in [6.07, 6.45) is 0.518. The van der Waals surface area contributed by atoms with Crippen LogP contribution in [0.2, 0.25) is 0 Å². The van der Waals surface area contributed by atoms with Crippen molar-refractivity contribution >= 4 is 12.0 Å². The molecule has 2 atom stereocenters. The normalized spacial score (nSPS) is 26.7. The van der Waals surface area contributed by atoms with Gasteiger partial charge < -0.3 is 15.4 Å². The van der Waals surface area contributed by atoms with E-state index in [1.807, 2.05) is 14.0 Å². The topological polar surface area (TPSA) is 70.7 Å². The Hall–Kier alpha value is -1.44. The summed E-state index contributed by atoms with van der Waals surface area (Å²) in [4.78, 5) is 26.2. The Bertz CT molecular complexity index is 517. The highest BCUT2D eigenvalue weighted by Gasteiger charge is 2.77. The smallest absolute Gasteiger partial charge is 0.408 e. The number of hydrogen-bond acceptors (Lipinski definition) is 4. The van der Waals surface area contributed by atoms with Crippen molar-refractivity contribution in [2.75, 3.05) is 13.6 Å². The maximum absolute atomic E-state index is 13.8. The predicted octanol–water partition coefficient (Wildman–Crippen LogP) is 1.89. The molecule has 2 saturated carbocycles. The monoisotopic (exact) mass is 347 g/mol. The van der Waals surface area contributed by atoms with Gasteiger partial charge in [0, 0.05) is 18.6 Å². The number of alkyl carbamates (subject to hydrolysis) is 1. The number of hydrogen-bond donors (Lipinski definition) is 2. The SMILES string of the molecule is CC(CNC(=O)C1(NC(=O)OC(C)(C)C)CC1(F)F)N(C)C1CC1. The van der Waals surface area contributed by atoms with E-state index in [1.54, 1.807) is 20.8 Å². The molecule has 0 radical (unpaired) electrons. The molecule has 2 fully saturated rings. The van der Waals surface area contributed by atoms with Gasteiger partial charge in [-0.05, 0) is 47.6 Å². The van der Waals surface area contributed by atoms with Gasteiger partial charge in [-0.15, -0.1) is 0 Å². The third-order valence-electron chi connectivity index (χ3n) is 4.46. The molecule has 24 heavy (non-hydrogen) atoms. The summed E-state index contributed by atoms with van der Waals surface area (Å²) < 4.78 is 32.5. The van der Waals surface area contributed by atoms with Gasteiger partial charge in [-0.25, -0.2) is 13.6 Å². The quantitative estimate of drug-likeness (QED) is 0.770. The molecule has 0 spiro atoms. The molecule has 0 bridgehead atoms. The van der Waals surface area contributed by atoms with Crippen LogP contribution in [0.5, 0.6) is 0 Å². The van der Waals surface area contributed by atoms with Crippen molar-refractivity contribution in [3.8, 4) is 0 Å². The minimum atomic E-state index is -3.26. The van der Waals surface area contributed by atoms with E-state index in [4.69, 9.17) is 4.74 Å². The van der Waals surface area contributed by atoms with Crippen LogP contribution in [0.15, 0.2) is 0 Å². The Labute approximate surface area is 141 Å². The van der Waals surface area contributed by atoms with E-state index in [-0.39, 0.29) is 12.6 Å². The Morgan fingerprint density at radius 3 is 2.29 bits per heavy atom. The fourth-order valence-electron chi connectivity index (χ4n) is 2.58. The summed E-state index contributed by atoms with van der Waals surface area (Å²) in [5, 5.41) is 4.61. The molecular formula is C16H27F2N3O3. The highest BCUT2D eigenvalue weighted by molar-refractivity contribution is 5.95. The zero-order valence-corrected chi connectivity index (χ0v) is 14.9. The Morgan fingerprint density at radius 2 is 1.88 bits per heavy atom. The molecule has 0 heterocycles. The number of rotatable bonds is 6. The summed E-state index contributed by atoms with van der Waals surface area (Å²) in [5.41, 5.74) is -3.03. The molecule has 2 N–H and O–H groups in total. The summed E-state index contributed by atoms with van der Waals surface area (Å²) in [7, 11) is 1.95. The van der Waals surface area contributed by atoms with Crippen LogP contribution >= 0.6 is 0 Å². The predicted molar refractivity (Wildman–Crippen MR) is 84.9 cm³/mol. The molecule has 138 valence electrons. The van der Waals surface area contributed by atoms with Gasteiger partial charge in [0.2, 0.25) is 0 Å². The van der Waals surface area contributed by atoms with Gasteiger partial charge in [0.05, 0.1) is 6.42 Å². The number of likely N-dealkylation sites (N-methyl/N-ethyl adjacent to an activating group) is 1. The van der Waals surface area contributed by atoms with Crippen LogP contribution in [-0.4, -0.2) is 59.6 Å². The first-order valence-corrected chi connectivity index (χ1v) is 8.27.